The molecule has 9 nitrogen and oxygen atoms in total. The lowest BCUT2D eigenvalue weighted by Crippen LogP contribution is -2.42. The highest BCUT2D eigenvalue weighted by atomic mass is 32.2. The Bertz CT molecular complexity index is 702. The molecule has 3 N–H and O–H groups in total. The fourth-order valence-corrected chi connectivity index (χ4v) is 2.44. The van der Waals surface area contributed by atoms with Gasteiger partial charge in [0.25, 0.3) is 5.69 Å². The normalized spacial score (nSPS) is 12.2. The summed E-state index contributed by atoms with van der Waals surface area (Å²) < 4.78 is 24.6. The zero-order valence-electron chi connectivity index (χ0n) is 15.4. The van der Waals surface area contributed by atoms with E-state index in [-0.39, 0.29) is 12.2 Å². The smallest absolute Gasteiger partial charge is 0.269 e. The first kappa shape index (κ1) is 21.8. The number of benzene rings is 1. The van der Waals surface area contributed by atoms with Gasteiger partial charge in [-0.2, -0.15) is 0 Å². The first-order valence-corrected chi connectivity index (χ1v) is 10.3. The SMILES string of the molecule is CC(C)CCNC(=NCc1ccc([N+](=O)[O-])cc1)NCCNS(C)(=O)=O. The molecule has 0 amide bonds. The van der Waals surface area contributed by atoms with E-state index in [1.165, 1.54) is 12.1 Å². The molecule has 0 radical (unpaired) electrons. The van der Waals surface area contributed by atoms with Crippen molar-refractivity contribution in [2.24, 2.45) is 10.9 Å². The molecule has 0 aliphatic heterocycles. The maximum absolute atomic E-state index is 11.1. The molecule has 146 valence electrons. The average molecular weight is 385 g/mol. The van der Waals surface area contributed by atoms with Crippen LogP contribution in [0.3, 0.4) is 0 Å². The number of nitrogens with zero attached hydrogens (tertiary/aromatic N) is 2. The number of nitro groups is 1. The maximum Gasteiger partial charge on any atom is 0.269 e. The molecule has 10 heteroatoms. The van der Waals surface area contributed by atoms with Crippen molar-refractivity contribution in [3.05, 3.63) is 39.9 Å². The number of nitro benzene ring substituents is 1. The zero-order valence-corrected chi connectivity index (χ0v) is 16.2. The summed E-state index contributed by atoms with van der Waals surface area (Å²) in [5, 5.41) is 16.9. The summed E-state index contributed by atoms with van der Waals surface area (Å²) in [5.41, 5.74) is 0.882. The van der Waals surface area contributed by atoms with E-state index in [4.69, 9.17) is 0 Å². The van der Waals surface area contributed by atoms with E-state index in [2.05, 4.69) is 34.2 Å². The van der Waals surface area contributed by atoms with E-state index < -0.39 is 14.9 Å². The highest BCUT2D eigenvalue weighted by Gasteiger charge is 2.05. The third kappa shape index (κ3) is 9.94. The quantitative estimate of drug-likeness (QED) is 0.183. The largest absolute Gasteiger partial charge is 0.356 e. The van der Waals surface area contributed by atoms with Crippen LogP contribution in [0.4, 0.5) is 5.69 Å². The Kier molecular flexibility index (Phi) is 9.00. The lowest BCUT2D eigenvalue weighted by atomic mass is 10.1. The van der Waals surface area contributed by atoms with Gasteiger partial charge in [-0.15, -0.1) is 0 Å². The van der Waals surface area contributed by atoms with Gasteiger partial charge in [-0.1, -0.05) is 26.0 Å². The minimum atomic E-state index is -3.22. The molecule has 1 aromatic carbocycles. The first-order valence-electron chi connectivity index (χ1n) is 8.37. The lowest BCUT2D eigenvalue weighted by molar-refractivity contribution is -0.384. The van der Waals surface area contributed by atoms with Crippen molar-refractivity contribution < 1.29 is 13.3 Å². The first-order chi connectivity index (χ1) is 12.2. The number of non-ortho nitro benzene ring substituents is 1. The summed E-state index contributed by atoms with van der Waals surface area (Å²) in [6, 6.07) is 6.22. The Hall–Kier alpha value is -2.20. The van der Waals surface area contributed by atoms with Crippen molar-refractivity contribution in [1.82, 2.24) is 15.4 Å². The molecule has 0 fully saturated rings. The van der Waals surface area contributed by atoms with E-state index in [9.17, 15) is 18.5 Å². The van der Waals surface area contributed by atoms with Crippen molar-refractivity contribution >= 4 is 21.7 Å². The number of hydrogen-bond acceptors (Lipinski definition) is 5. The van der Waals surface area contributed by atoms with Crippen LogP contribution in [0.2, 0.25) is 0 Å². The summed E-state index contributed by atoms with van der Waals surface area (Å²) in [6.45, 7) is 5.98. The van der Waals surface area contributed by atoms with Crippen molar-refractivity contribution in [3.8, 4) is 0 Å². The number of rotatable bonds is 10. The average Bonchev–Trinajstić information content (AvgIpc) is 2.55. The molecule has 0 saturated heterocycles. The summed E-state index contributed by atoms with van der Waals surface area (Å²) >= 11 is 0. The van der Waals surface area contributed by atoms with Gasteiger partial charge in [0.15, 0.2) is 5.96 Å². The molecule has 0 spiro atoms. The summed E-state index contributed by atoms with van der Waals surface area (Å²) in [5.74, 6) is 1.12. The van der Waals surface area contributed by atoms with Gasteiger partial charge in [-0.25, -0.2) is 18.1 Å². The Morgan fingerprint density at radius 2 is 1.77 bits per heavy atom. The summed E-state index contributed by atoms with van der Waals surface area (Å²) in [7, 11) is -3.22. The fourth-order valence-electron chi connectivity index (χ4n) is 1.96. The summed E-state index contributed by atoms with van der Waals surface area (Å²) in [6.07, 6.45) is 2.08. The van der Waals surface area contributed by atoms with Gasteiger partial charge < -0.3 is 10.6 Å². The van der Waals surface area contributed by atoms with Gasteiger partial charge in [0.1, 0.15) is 0 Å². The highest BCUT2D eigenvalue weighted by molar-refractivity contribution is 7.88. The van der Waals surface area contributed by atoms with Gasteiger partial charge in [-0.05, 0) is 17.9 Å². The van der Waals surface area contributed by atoms with Crippen LogP contribution in [0, 0.1) is 16.0 Å². The molecule has 0 bridgehead atoms. The number of guanidine groups is 1. The molecule has 0 aliphatic carbocycles. The minimum absolute atomic E-state index is 0.0398. The van der Waals surface area contributed by atoms with Crippen molar-refractivity contribution in [2.45, 2.75) is 26.8 Å². The molecule has 0 unspecified atom stereocenters. The van der Waals surface area contributed by atoms with E-state index in [0.717, 1.165) is 24.8 Å². The van der Waals surface area contributed by atoms with Gasteiger partial charge in [0.05, 0.1) is 17.7 Å². The van der Waals surface area contributed by atoms with Crippen molar-refractivity contribution in [1.29, 1.82) is 0 Å². The number of hydrogen-bond donors (Lipinski definition) is 3. The molecule has 0 saturated carbocycles. The zero-order chi connectivity index (χ0) is 19.6. The molecule has 0 heterocycles. The second kappa shape index (κ2) is 10.7. The maximum atomic E-state index is 11.1. The third-order valence-corrected chi connectivity index (χ3v) is 4.09. The summed E-state index contributed by atoms with van der Waals surface area (Å²) in [4.78, 5) is 14.7. The van der Waals surface area contributed by atoms with Crippen LogP contribution in [0.25, 0.3) is 0 Å². The Labute approximate surface area is 154 Å². The van der Waals surface area contributed by atoms with Crippen LogP contribution in [-0.2, 0) is 16.6 Å². The Morgan fingerprint density at radius 3 is 2.31 bits per heavy atom. The molecule has 0 aromatic heterocycles. The molecule has 1 aromatic rings. The molecular weight excluding hydrogens is 358 g/mol. The number of aliphatic imine (C=N–C) groups is 1. The number of sulfonamides is 1. The fraction of sp³-hybridized carbons (Fsp3) is 0.562. The molecule has 26 heavy (non-hydrogen) atoms. The monoisotopic (exact) mass is 385 g/mol. The van der Waals surface area contributed by atoms with E-state index in [1.807, 2.05) is 0 Å². The second-order valence-electron chi connectivity index (χ2n) is 6.29. The Morgan fingerprint density at radius 1 is 1.15 bits per heavy atom. The van der Waals surface area contributed by atoms with Gasteiger partial charge in [-0.3, -0.25) is 10.1 Å². The highest BCUT2D eigenvalue weighted by Crippen LogP contribution is 2.12. The molecule has 0 atom stereocenters. The van der Waals surface area contributed by atoms with Crippen LogP contribution in [-0.4, -0.2) is 45.2 Å². The third-order valence-electron chi connectivity index (χ3n) is 3.36. The van der Waals surface area contributed by atoms with Crippen LogP contribution in [0.5, 0.6) is 0 Å². The Balaban J connectivity index is 2.62. The van der Waals surface area contributed by atoms with Crippen LogP contribution < -0.4 is 15.4 Å². The van der Waals surface area contributed by atoms with Crippen molar-refractivity contribution in [3.63, 3.8) is 0 Å². The van der Waals surface area contributed by atoms with Crippen molar-refractivity contribution in [2.75, 3.05) is 25.9 Å². The lowest BCUT2D eigenvalue weighted by Gasteiger charge is -2.13. The standard InChI is InChI=1S/C16H27N5O4S/c1-13(2)8-9-17-16(18-10-11-20-26(3,24)25)19-12-14-4-6-15(7-5-14)21(22)23/h4-7,13,20H,8-12H2,1-3H3,(H2,17,18,19). The van der Waals surface area contributed by atoms with Gasteiger partial charge >= 0.3 is 0 Å². The topological polar surface area (TPSA) is 126 Å². The minimum Gasteiger partial charge on any atom is -0.356 e. The molecule has 1 rings (SSSR count). The van der Waals surface area contributed by atoms with Crippen LogP contribution in [0.1, 0.15) is 25.8 Å². The van der Waals surface area contributed by atoms with Gasteiger partial charge in [0.2, 0.25) is 10.0 Å². The second-order valence-corrected chi connectivity index (χ2v) is 8.12. The molecule has 0 aliphatic rings. The molecular formula is C16H27N5O4S. The van der Waals surface area contributed by atoms with Crippen LogP contribution >= 0.6 is 0 Å². The van der Waals surface area contributed by atoms with Gasteiger partial charge in [0, 0.05) is 31.8 Å². The van der Waals surface area contributed by atoms with E-state index >= 15 is 0 Å². The van der Waals surface area contributed by atoms with E-state index in [0.29, 0.717) is 25.0 Å². The number of nitrogens with one attached hydrogen (secondary N) is 3. The predicted molar refractivity (Wildman–Crippen MR) is 103 cm³/mol. The van der Waals surface area contributed by atoms with Crippen LogP contribution in [0.15, 0.2) is 29.3 Å². The predicted octanol–water partition coefficient (Wildman–Crippen LogP) is 1.23. The van der Waals surface area contributed by atoms with E-state index in [1.54, 1.807) is 12.1 Å².